The third-order valence-corrected chi connectivity index (χ3v) is 7.21. The van der Waals surface area contributed by atoms with Crippen molar-refractivity contribution in [3.05, 3.63) is 17.1 Å². The van der Waals surface area contributed by atoms with Gasteiger partial charge >= 0.3 is 0 Å². The van der Waals surface area contributed by atoms with E-state index in [1.807, 2.05) is 6.92 Å². The number of aromatic nitrogens is 3. The van der Waals surface area contributed by atoms with Crippen LogP contribution in [-0.2, 0) is 40.8 Å². The number of nitrogen functional groups attached to an aromatic ring is 1. The maximum atomic E-state index is 12.0. The topological polar surface area (TPSA) is 103 Å². The molecule has 0 aromatic carbocycles. The van der Waals surface area contributed by atoms with E-state index in [0.29, 0.717) is 32.0 Å². The molecule has 0 amide bonds. The van der Waals surface area contributed by atoms with E-state index in [9.17, 15) is 8.42 Å². The van der Waals surface area contributed by atoms with Gasteiger partial charge in [0.15, 0.2) is 5.82 Å². The Kier molecular flexibility index (Phi) is 6.57. The van der Waals surface area contributed by atoms with Crippen LogP contribution in [0.3, 0.4) is 0 Å². The molecule has 0 aliphatic heterocycles. The second-order valence-electron chi connectivity index (χ2n) is 7.45. The molecule has 0 radical (unpaired) electrons. The van der Waals surface area contributed by atoms with Gasteiger partial charge in [-0.15, -0.1) is 0 Å². The lowest BCUT2D eigenvalue weighted by Gasteiger charge is -2.18. The summed E-state index contributed by atoms with van der Waals surface area (Å²) < 4.78 is 33.1. The predicted molar refractivity (Wildman–Crippen MR) is 111 cm³/mol. The van der Waals surface area contributed by atoms with Gasteiger partial charge in [0.1, 0.15) is 17.9 Å². The van der Waals surface area contributed by atoms with Gasteiger partial charge in [0.05, 0.1) is 11.3 Å². The van der Waals surface area contributed by atoms with E-state index in [0.717, 1.165) is 54.7 Å². The molecule has 1 aliphatic rings. The first-order chi connectivity index (χ1) is 13.3. The fourth-order valence-corrected chi connectivity index (χ4v) is 4.67. The Labute approximate surface area is 167 Å². The molecule has 0 saturated heterocycles. The van der Waals surface area contributed by atoms with Crippen molar-refractivity contribution in [1.29, 1.82) is 0 Å². The number of hydrogen-bond donors (Lipinski definition) is 1. The van der Waals surface area contributed by atoms with Crippen molar-refractivity contribution in [2.75, 3.05) is 32.2 Å². The summed E-state index contributed by atoms with van der Waals surface area (Å²) in [5.41, 5.74) is 10.4. The van der Waals surface area contributed by atoms with Gasteiger partial charge in [0, 0.05) is 32.9 Å². The number of pyridine rings is 1. The van der Waals surface area contributed by atoms with Crippen LogP contribution in [0.5, 0.6) is 0 Å². The molecule has 8 nitrogen and oxygen atoms in total. The summed E-state index contributed by atoms with van der Waals surface area (Å²) in [6, 6.07) is 0. The third-order valence-electron chi connectivity index (χ3n) is 5.29. The number of ether oxygens (including phenoxy) is 1. The predicted octanol–water partition coefficient (Wildman–Crippen LogP) is 2.10. The summed E-state index contributed by atoms with van der Waals surface area (Å²) in [6.07, 6.45) is 5.54. The van der Waals surface area contributed by atoms with E-state index in [4.69, 9.17) is 15.5 Å². The minimum atomic E-state index is -3.17. The highest BCUT2D eigenvalue weighted by molar-refractivity contribution is 7.89. The molecule has 2 heterocycles. The van der Waals surface area contributed by atoms with Gasteiger partial charge in [-0.2, -0.15) is 0 Å². The molecule has 28 heavy (non-hydrogen) atoms. The van der Waals surface area contributed by atoms with Gasteiger partial charge in [-0.3, -0.25) is 0 Å². The molecule has 0 atom stereocenters. The average Bonchev–Trinajstić information content (AvgIpc) is 3.03. The van der Waals surface area contributed by atoms with Crippen molar-refractivity contribution >= 4 is 26.9 Å². The number of imidazole rings is 1. The van der Waals surface area contributed by atoms with E-state index < -0.39 is 10.0 Å². The molecular formula is C19H31N5O3S. The quantitative estimate of drug-likeness (QED) is 0.636. The first-order valence-corrected chi connectivity index (χ1v) is 11.6. The molecule has 3 rings (SSSR count). The fraction of sp³-hybridized carbons (Fsp3) is 0.684. The zero-order valence-corrected chi connectivity index (χ0v) is 17.9. The standard InChI is InChI=1S/C19H31N5O3S/c1-4-27-13-16-22-17-18(14-9-5-6-10-15(14)21-19(17)20)24(16)11-7-8-12-28(25,26)23(2)3/h4-13H2,1-3H3,(H2,20,21). The molecular weight excluding hydrogens is 378 g/mol. The van der Waals surface area contributed by atoms with Crippen molar-refractivity contribution in [2.45, 2.75) is 58.6 Å². The van der Waals surface area contributed by atoms with Crippen LogP contribution in [0.2, 0.25) is 0 Å². The van der Waals surface area contributed by atoms with Crippen LogP contribution in [0, 0.1) is 0 Å². The molecule has 9 heteroatoms. The summed E-state index contributed by atoms with van der Waals surface area (Å²) in [5.74, 6) is 1.46. The van der Waals surface area contributed by atoms with Gasteiger partial charge in [-0.1, -0.05) is 0 Å². The lowest BCUT2D eigenvalue weighted by Crippen LogP contribution is -2.25. The van der Waals surface area contributed by atoms with Crippen molar-refractivity contribution in [2.24, 2.45) is 0 Å². The Morgan fingerprint density at radius 1 is 1.18 bits per heavy atom. The Bertz CT molecular complexity index is 937. The maximum Gasteiger partial charge on any atom is 0.213 e. The Morgan fingerprint density at radius 2 is 1.93 bits per heavy atom. The molecule has 2 N–H and O–H groups in total. The van der Waals surface area contributed by atoms with Gasteiger partial charge in [-0.25, -0.2) is 22.7 Å². The number of unbranched alkanes of at least 4 members (excludes halogenated alkanes) is 1. The second kappa shape index (κ2) is 8.75. The molecule has 0 spiro atoms. The first kappa shape index (κ1) is 21.0. The minimum Gasteiger partial charge on any atom is -0.382 e. The number of nitrogens with zero attached hydrogens (tertiary/aromatic N) is 4. The molecule has 0 bridgehead atoms. The number of fused-ring (bicyclic) bond motifs is 3. The highest BCUT2D eigenvalue weighted by Gasteiger charge is 2.23. The SMILES string of the molecule is CCOCc1nc2c(N)nc3c(c2n1CCCCS(=O)(=O)N(C)C)CCCC3. The zero-order valence-electron chi connectivity index (χ0n) is 17.1. The number of nitrogens with two attached hydrogens (primary N) is 1. The van der Waals surface area contributed by atoms with Crippen LogP contribution in [0.1, 0.15) is 49.7 Å². The molecule has 2 aromatic rings. The summed E-state index contributed by atoms with van der Waals surface area (Å²) in [6.45, 7) is 3.67. The highest BCUT2D eigenvalue weighted by Crippen LogP contribution is 2.32. The maximum absolute atomic E-state index is 12.0. The van der Waals surface area contributed by atoms with Crippen LogP contribution in [0.25, 0.3) is 11.0 Å². The molecule has 2 aromatic heterocycles. The van der Waals surface area contributed by atoms with E-state index in [-0.39, 0.29) is 5.75 Å². The van der Waals surface area contributed by atoms with Crippen LogP contribution >= 0.6 is 0 Å². The number of aryl methyl sites for hydroxylation is 3. The summed E-state index contributed by atoms with van der Waals surface area (Å²) in [7, 11) is -0.0326. The van der Waals surface area contributed by atoms with Crippen molar-refractivity contribution in [3.63, 3.8) is 0 Å². The average molecular weight is 410 g/mol. The molecule has 0 unspecified atom stereocenters. The number of rotatable bonds is 9. The van der Waals surface area contributed by atoms with E-state index in [1.54, 1.807) is 14.1 Å². The summed E-state index contributed by atoms with van der Waals surface area (Å²) in [5, 5.41) is 0. The Hall–Kier alpha value is -1.71. The molecule has 156 valence electrons. The summed E-state index contributed by atoms with van der Waals surface area (Å²) >= 11 is 0. The number of sulfonamides is 1. The lowest BCUT2D eigenvalue weighted by molar-refractivity contribution is 0.126. The van der Waals surface area contributed by atoms with Crippen LogP contribution in [-0.4, -0.2) is 53.7 Å². The monoisotopic (exact) mass is 409 g/mol. The second-order valence-corrected chi connectivity index (χ2v) is 9.75. The van der Waals surface area contributed by atoms with Crippen molar-refractivity contribution < 1.29 is 13.2 Å². The zero-order chi connectivity index (χ0) is 20.3. The van der Waals surface area contributed by atoms with Crippen LogP contribution in [0.4, 0.5) is 5.82 Å². The highest BCUT2D eigenvalue weighted by atomic mass is 32.2. The van der Waals surface area contributed by atoms with E-state index in [1.165, 1.54) is 9.87 Å². The van der Waals surface area contributed by atoms with Crippen LogP contribution in [0.15, 0.2) is 0 Å². The van der Waals surface area contributed by atoms with Gasteiger partial charge in [0.25, 0.3) is 0 Å². The van der Waals surface area contributed by atoms with Gasteiger partial charge in [-0.05, 0) is 51.0 Å². The lowest BCUT2D eigenvalue weighted by atomic mass is 9.95. The normalized spacial score (nSPS) is 14.7. The van der Waals surface area contributed by atoms with Crippen molar-refractivity contribution in [1.82, 2.24) is 18.8 Å². The van der Waals surface area contributed by atoms with E-state index >= 15 is 0 Å². The largest absolute Gasteiger partial charge is 0.382 e. The Balaban J connectivity index is 1.91. The molecule has 0 fully saturated rings. The Morgan fingerprint density at radius 3 is 2.64 bits per heavy atom. The molecule has 0 saturated carbocycles. The number of anilines is 1. The molecule has 1 aliphatic carbocycles. The number of hydrogen-bond acceptors (Lipinski definition) is 6. The first-order valence-electron chi connectivity index (χ1n) is 9.99. The van der Waals surface area contributed by atoms with E-state index in [2.05, 4.69) is 9.55 Å². The van der Waals surface area contributed by atoms with Crippen molar-refractivity contribution in [3.8, 4) is 0 Å². The van der Waals surface area contributed by atoms with Gasteiger partial charge < -0.3 is 15.0 Å². The van der Waals surface area contributed by atoms with Crippen LogP contribution < -0.4 is 5.73 Å². The van der Waals surface area contributed by atoms with Gasteiger partial charge in [0.2, 0.25) is 10.0 Å². The summed E-state index contributed by atoms with van der Waals surface area (Å²) in [4.78, 5) is 9.34. The fourth-order valence-electron chi connectivity index (χ4n) is 3.73. The third kappa shape index (κ3) is 4.31. The minimum absolute atomic E-state index is 0.148. The smallest absolute Gasteiger partial charge is 0.213 e.